The van der Waals surface area contributed by atoms with E-state index < -0.39 is 5.54 Å². The van der Waals surface area contributed by atoms with Crippen molar-refractivity contribution in [2.24, 2.45) is 0 Å². The Kier molecular flexibility index (Phi) is 4.20. The maximum Gasteiger partial charge on any atom is 0.272 e. The number of imidazole rings is 1. The molecule has 0 bridgehead atoms. The average Bonchev–Trinajstić information content (AvgIpc) is 3.11. The number of fused-ring (bicyclic) bond motifs is 2. The molecule has 27 heavy (non-hydrogen) atoms. The fourth-order valence-corrected chi connectivity index (χ4v) is 4.51. The first-order valence-electron chi connectivity index (χ1n) is 9.33. The summed E-state index contributed by atoms with van der Waals surface area (Å²) in [4.78, 5) is 45.3. The van der Waals surface area contributed by atoms with E-state index in [1.807, 2.05) is 16.7 Å². The average molecular weight is 368 g/mol. The minimum absolute atomic E-state index is 0.0606. The van der Waals surface area contributed by atoms with E-state index in [9.17, 15) is 9.59 Å². The highest BCUT2D eigenvalue weighted by Crippen LogP contribution is 2.42. The van der Waals surface area contributed by atoms with Crippen LogP contribution in [0.2, 0.25) is 0 Å². The number of amides is 2. The van der Waals surface area contributed by atoms with Crippen molar-refractivity contribution in [3.63, 3.8) is 0 Å². The number of aromatic amines is 1. The number of hydrogen-bond donors (Lipinski definition) is 1. The number of aromatic nitrogens is 4. The van der Waals surface area contributed by atoms with E-state index in [4.69, 9.17) is 0 Å². The van der Waals surface area contributed by atoms with E-state index in [1.54, 1.807) is 26.2 Å². The summed E-state index contributed by atoms with van der Waals surface area (Å²) in [5.41, 5.74) is 2.87. The molecule has 0 saturated carbocycles. The summed E-state index contributed by atoms with van der Waals surface area (Å²) in [6, 6.07) is 1.73. The predicted octanol–water partition coefficient (Wildman–Crippen LogP) is 1.35. The van der Waals surface area contributed by atoms with Crippen molar-refractivity contribution in [2.75, 3.05) is 19.6 Å². The van der Waals surface area contributed by atoms with Gasteiger partial charge in [-0.3, -0.25) is 9.59 Å². The molecule has 0 unspecified atom stereocenters. The summed E-state index contributed by atoms with van der Waals surface area (Å²) >= 11 is 0. The summed E-state index contributed by atoms with van der Waals surface area (Å²) < 4.78 is 0. The van der Waals surface area contributed by atoms with Crippen LogP contribution in [0.15, 0.2) is 12.4 Å². The minimum atomic E-state index is -0.423. The van der Waals surface area contributed by atoms with Crippen LogP contribution in [0.4, 0.5) is 0 Å². The number of piperidine rings is 1. The van der Waals surface area contributed by atoms with E-state index in [2.05, 4.69) is 19.9 Å². The molecule has 2 aliphatic rings. The molecule has 2 amide bonds. The molecule has 8 nitrogen and oxygen atoms in total. The van der Waals surface area contributed by atoms with Crippen molar-refractivity contribution < 1.29 is 9.59 Å². The fraction of sp³-hybridized carbons (Fsp3) is 0.526. The Labute approximate surface area is 158 Å². The third kappa shape index (κ3) is 2.89. The summed E-state index contributed by atoms with van der Waals surface area (Å²) in [5, 5.41) is 0. The lowest BCUT2D eigenvalue weighted by Gasteiger charge is -2.50. The number of aryl methyl sites for hydroxylation is 2. The summed E-state index contributed by atoms with van der Waals surface area (Å²) in [6.45, 7) is 7.09. The SMILES string of the molecule is CC(=O)N1CCc2[nH]cnc2C12CCN(C(=O)c1cc(C)nc(C)n1)CC2. The van der Waals surface area contributed by atoms with E-state index in [-0.39, 0.29) is 11.8 Å². The molecule has 0 atom stereocenters. The third-order valence-corrected chi connectivity index (χ3v) is 5.70. The molecule has 2 aromatic heterocycles. The van der Waals surface area contributed by atoms with Gasteiger partial charge in [0.15, 0.2) is 0 Å². The summed E-state index contributed by atoms with van der Waals surface area (Å²) in [7, 11) is 0. The van der Waals surface area contributed by atoms with Gasteiger partial charge in [0.05, 0.1) is 17.6 Å². The lowest BCUT2D eigenvalue weighted by Crippen LogP contribution is -2.58. The molecule has 1 N–H and O–H groups in total. The largest absolute Gasteiger partial charge is 0.348 e. The molecule has 4 rings (SSSR count). The van der Waals surface area contributed by atoms with E-state index in [1.165, 1.54) is 0 Å². The van der Waals surface area contributed by atoms with Gasteiger partial charge in [-0.25, -0.2) is 15.0 Å². The van der Waals surface area contributed by atoms with Crippen molar-refractivity contribution in [2.45, 2.75) is 45.6 Å². The standard InChI is InChI=1S/C19H24N6O2/c1-12-10-16(23-13(2)22-12)18(27)24-8-5-19(6-9-24)17-15(20-11-21-17)4-7-25(19)14(3)26/h10-11H,4-9H2,1-3H3,(H,20,21). The van der Waals surface area contributed by atoms with Gasteiger partial charge in [0.25, 0.3) is 5.91 Å². The summed E-state index contributed by atoms with van der Waals surface area (Å²) in [5.74, 6) is 0.583. The quantitative estimate of drug-likeness (QED) is 0.820. The van der Waals surface area contributed by atoms with Crippen LogP contribution in [0.5, 0.6) is 0 Å². The van der Waals surface area contributed by atoms with Gasteiger partial charge in [-0.2, -0.15) is 0 Å². The first kappa shape index (κ1) is 17.6. The van der Waals surface area contributed by atoms with Crippen molar-refractivity contribution in [1.29, 1.82) is 0 Å². The molecule has 1 fully saturated rings. The Morgan fingerprint density at radius 1 is 1.15 bits per heavy atom. The van der Waals surface area contributed by atoms with Crippen LogP contribution < -0.4 is 0 Å². The number of carbonyl (C=O) groups excluding carboxylic acids is 2. The van der Waals surface area contributed by atoms with Gasteiger partial charge in [0.2, 0.25) is 5.91 Å². The van der Waals surface area contributed by atoms with E-state index >= 15 is 0 Å². The zero-order valence-corrected chi connectivity index (χ0v) is 15.9. The van der Waals surface area contributed by atoms with Crippen LogP contribution in [0.3, 0.4) is 0 Å². The third-order valence-electron chi connectivity index (χ3n) is 5.70. The molecule has 1 saturated heterocycles. The topological polar surface area (TPSA) is 95.1 Å². The van der Waals surface area contributed by atoms with Crippen molar-refractivity contribution in [3.05, 3.63) is 41.0 Å². The number of likely N-dealkylation sites (tertiary alicyclic amines) is 1. The second-order valence-electron chi connectivity index (χ2n) is 7.42. The molecular weight excluding hydrogens is 344 g/mol. The number of nitrogens with one attached hydrogen (secondary N) is 1. The smallest absolute Gasteiger partial charge is 0.272 e. The molecule has 0 radical (unpaired) electrons. The Hall–Kier alpha value is -2.77. The van der Waals surface area contributed by atoms with Gasteiger partial charge < -0.3 is 14.8 Å². The number of nitrogens with zero attached hydrogens (tertiary/aromatic N) is 5. The summed E-state index contributed by atoms with van der Waals surface area (Å²) in [6.07, 6.45) is 3.86. The lowest BCUT2D eigenvalue weighted by atomic mass is 9.78. The Balaban J connectivity index is 1.59. The van der Waals surface area contributed by atoms with Crippen molar-refractivity contribution >= 4 is 11.8 Å². The van der Waals surface area contributed by atoms with Gasteiger partial charge in [0.1, 0.15) is 11.5 Å². The highest BCUT2D eigenvalue weighted by atomic mass is 16.2. The van der Waals surface area contributed by atoms with Gasteiger partial charge in [0, 0.05) is 44.4 Å². The Morgan fingerprint density at radius 3 is 2.56 bits per heavy atom. The van der Waals surface area contributed by atoms with Gasteiger partial charge in [-0.15, -0.1) is 0 Å². The first-order valence-corrected chi connectivity index (χ1v) is 9.33. The molecule has 8 heteroatoms. The normalized spacial score (nSPS) is 18.5. The Morgan fingerprint density at radius 2 is 1.89 bits per heavy atom. The van der Waals surface area contributed by atoms with Crippen LogP contribution in [-0.4, -0.2) is 61.2 Å². The molecule has 0 aliphatic carbocycles. The van der Waals surface area contributed by atoms with Crippen molar-refractivity contribution in [1.82, 2.24) is 29.7 Å². The number of H-pyrrole nitrogens is 1. The maximum absolute atomic E-state index is 12.9. The number of hydrogen-bond acceptors (Lipinski definition) is 5. The van der Waals surface area contributed by atoms with Gasteiger partial charge in [-0.1, -0.05) is 0 Å². The van der Waals surface area contributed by atoms with E-state index in [0.29, 0.717) is 44.0 Å². The predicted molar refractivity (Wildman–Crippen MR) is 98.0 cm³/mol. The second kappa shape index (κ2) is 6.44. The molecule has 2 aliphatic heterocycles. The van der Waals surface area contributed by atoms with Crippen molar-refractivity contribution in [3.8, 4) is 0 Å². The van der Waals surface area contributed by atoms with Crippen LogP contribution in [-0.2, 0) is 16.8 Å². The van der Waals surface area contributed by atoms with Crippen LogP contribution in [0, 0.1) is 13.8 Å². The zero-order valence-electron chi connectivity index (χ0n) is 15.9. The monoisotopic (exact) mass is 368 g/mol. The molecule has 4 heterocycles. The molecular formula is C19H24N6O2. The molecule has 0 aromatic carbocycles. The lowest BCUT2D eigenvalue weighted by molar-refractivity contribution is -0.139. The number of rotatable bonds is 1. The maximum atomic E-state index is 12.9. The zero-order chi connectivity index (χ0) is 19.2. The highest BCUT2D eigenvalue weighted by Gasteiger charge is 2.48. The van der Waals surface area contributed by atoms with Gasteiger partial charge >= 0.3 is 0 Å². The van der Waals surface area contributed by atoms with E-state index in [0.717, 1.165) is 23.5 Å². The fourth-order valence-electron chi connectivity index (χ4n) is 4.51. The highest BCUT2D eigenvalue weighted by molar-refractivity contribution is 5.92. The van der Waals surface area contributed by atoms with Crippen LogP contribution >= 0.6 is 0 Å². The molecule has 1 spiro atoms. The first-order chi connectivity index (χ1) is 12.9. The van der Waals surface area contributed by atoms with Crippen LogP contribution in [0.25, 0.3) is 0 Å². The molecule has 142 valence electrons. The Bertz CT molecular complexity index is 877. The second-order valence-corrected chi connectivity index (χ2v) is 7.42. The number of carbonyl (C=O) groups is 2. The minimum Gasteiger partial charge on any atom is -0.348 e. The van der Waals surface area contributed by atoms with Crippen LogP contribution in [0.1, 0.15) is 53.2 Å². The molecule has 2 aromatic rings. The van der Waals surface area contributed by atoms with Gasteiger partial charge in [-0.05, 0) is 32.8 Å².